The first-order chi connectivity index (χ1) is 17.9. The average Bonchev–Trinajstić information content (AvgIpc) is 2.91. The molecule has 2 amide bonds. The van der Waals surface area contributed by atoms with Gasteiger partial charge in [0, 0.05) is 12.2 Å². The maximum atomic E-state index is 13.8. The molecule has 0 radical (unpaired) electrons. The van der Waals surface area contributed by atoms with E-state index < -0.39 is 17.8 Å². The Morgan fingerprint density at radius 3 is 2.11 bits per heavy atom. The van der Waals surface area contributed by atoms with Crippen molar-refractivity contribution in [2.75, 3.05) is 12.4 Å². The topological polar surface area (TPSA) is 58.6 Å². The number of ether oxygens (including phenoxy) is 1. The van der Waals surface area contributed by atoms with Crippen LogP contribution in [0.3, 0.4) is 0 Å². The molecular formula is C31H29FN2O3. The second kappa shape index (κ2) is 12.0. The van der Waals surface area contributed by atoms with Crippen molar-refractivity contribution in [3.8, 4) is 5.75 Å². The average molecular weight is 497 g/mol. The zero-order chi connectivity index (χ0) is 26.2. The number of hydrogen-bond acceptors (Lipinski definition) is 3. The van der Waals surface area contributed by atoms with E-state index in [0.29, 0.717) is 17.0 Å². The first-order valence-electron chi connectivity index (χ1n) is 12.0. The highest BCUT2D eigenvalue weighted by atomic mass is 19.1. The number of hydrogen-bond donors (Lipinski definition) is 1. The van der Waals surface area contributed by atoms with Gasteiger partial charge in [0.05, 0.1) is 13.5 Å². The van der Waals surface area contributed by atoms with Gasteiger partial charge in [-0.05, 0) is 60.0 Å². The van der Waals surface area contributed by atoms with E-state index in [1.807, 2.05) is 61.5 Å². The molecule has 0 fully saturated rings. The summed E-state index contributed by atoms with van der Waals surface area (Å²) >= 11 is 0. The Hall–Kier alpha value is -4.45. The van der Waals surface area contributed by atoms with Crippen molar-refractivity contribution in [3.05, 3.63) is 131 Å². The van der Waals surface area contributed by atoms with Gasteiger partial charge in [0.15, 0.2) is 0 Å². The Labute approximate surface area is 216 Å². The fourth-order valence-electron chi connectivity index (χ4n) is 4.09. The second-order valence-corrected chi connectivity index (χ2v) is 8.84. The SMILES string of the molecule is COc1ccc(NC(=O)C(c2ccc(F)cc2)N(Cc2ccc(C)cc2)C(=O)Cc2ccccc2)cc1. The fraction of sp³-hybridized carbons (Fsp3) is 0.161. The smallest absolute Gasteiger partial charge is 0.251 e. The highest BCUT2D eigenvalue weighted by Gasteiger charge is 2.32. The first-order valence-corrected chi connectivity index (χ1v) is 12.0. The van der Waals surface area contributed by atoms with Crippen LogP contribution in [-0.4, -0.2) is 23.8 Å². The molecule has 1 N–H and O–H groups in total. The third-order valence-electron chi connectivity index (χ3n) is 6.10. The lowest BCUT2D eigenvalue weighted by Crippen LogP contribution is -2.41. The van der Waals surface area contributed by atoms with Crippen molar-refractivity contribution in [2.45, 2.75) is 25.9 Å². The molecule has 0 bridgehead atoms. The molecule has 1 unspecified atom stereocenters. The van der Waals surface area contributed by atoms with Gasteiger partial charge in [-0.25, -0.2) is 4.39 Å². The van der Waals surface area contributed by atoms with Crippen LogP contribution >= 0.6 is 0 Å². The molecule has 4 rings (SSSR count). The van der Waals surface area contributed by atoms with Crippen LogP contribution in [0.25, 0.3) is 0 Å². The molecule has 4 aromatic carbocycles. The highest BCUT2D eigenvalue weighted by molar-refractivity contribution is 5.98. The maximum Gasteiger partial charge on any atom is 0.251 e. The van der Waals surface area contributed by atoms with Crippen LogP contribution < -0.4 is 10.1 Å². The minimum atomic E-state index is -0.986. The summed E-state index contributed by atoms with van der Waals surface area (Å²) in [6.45, 7) is 2.20. The molecule has 1 atom stereocenters. The molecule has 0 saturated carbocycles. The van der Waals surface area contributed by atoms with E-state index in [2.05, 4.69) is 5.32 Å². The normalized spacial score (nSPS) is 11.4. The molecule has 0 saturated heterocycles. The number of anilines is 1. The summed E-state index contributed by atoms with van der Waals surface area (Å²) in [5.41, 5.74) is 3.90. The predicted octanol–water partition coefficient (Wildman–Crippen LogP) is 6.09. The summed E-state index contributed by atoms with van der Waals surface area (Å²) in [6, 6.07) is 28.9. The summed E-state index contributed by atoms with van der Waals surface area (Å²) < 4.78 is 19.0. The van der Waals surface area contributed by atoms with Crippen molar-refractivity contribution >= 4 is 17.5 Å². The summed E-state index contributed by atoms with van der Waals surface area (Å²) in [4.78, 5) is 29.1. The molecule has 0 spiro atoms. The Balaban J connectivity index is 1.72. The lowest BCUT2D eigenvalue weighted by molar-refractivity contribution is -0.139. The third-order valence-corrected chi connectivity index (χ3v) is 6.10. The molecule has 6 heteroatoms. The molecule has 0 heterocycles. The van der Waals surface area contributed by atoms with E-state index >= 15 is 0 Å². The van der Waals surface area contributed by atoms with Crippen LogP contribution in [0.4, 0.5) is 10.1 Å². The van der Waals surface area contributed by atoms with Crippen molar-refractivity contribution in [2.24, 2.45) is 0 Å². The predicted molar refractivity (Wildman–Crippen MR) is 143 cm³/mol. The minimum absolute atomic E-state index is 0.125. The van der Waals surface area contributed by atoms with Gasteiger partial charge in [0.1, 0.15) is 17.6 Å². The van der Waals surface area contributed by atoms with Gasteiger partial charge in [0.2, 0.25) is 5.91 Å². The molecule has 5 nitrogen and oxygen atoms in total. The second-order valence-electron chi connectivity index (χ2n) is 8.84. The van der Waals surface area contributed by atoms with Gasteiger partial charge in [-0.2, -0.15) is 0 Å². The number of rotatable bonds is 9. The van der Waals surface area contributed by atoms with Crippen LogP contribution in [0.5, 0.6) is 5.75 Å². The molecule has 0 aliphatic carbocycles. The molecule has 188 valence electrons. The van der Waals surface area contributed by atoms with Crippen LogP contribution in [0.2, 0.25) is 0 Å². The number of nitrogens with one attached hydrogen (secondary N) is 1. The maximum absolute atomic E-state index is 13.8. The van der Waals surface area contributed by atoms with Gasteiger partial charge in [-0.1, -0.05) is 72.3 Å². The largest absolute Gasteiger partial charge is 0.497 e. The van der Waals surface area contributed by atoms with Crippen molar-refractivity contribution in [3.63, 3.8) is 0 Å². The molecule has 0 aliphatic heterocycles. The van der Waals surface area contributed by atoms with E-state index in [-0.39, 0.29) is 18.9 Å². The lowest BCUT2D eigenvalue weighted by Gasteiger charge is -2.32. The first kappa shape index (κ1) is 25.6. The van der Waals surface area contributed by atoms with Crippen molar-refractivity contribution < 1.29 is 18.7 Å². The Morgan fingerprint density at radius 1 is 0.838 bits per heavy atom. The fourth-order valence-corrected chi connectivity index (χ4v) is 4.09. The zero-order valence-electron chi connectivity index (χ0n) is 20.9. The van der Waals surface area contributed by atoms with Crippen LogP contribution in [0.1, 0.15) is 28.3 Å². The minimum Gasteiger partial charge on any atom is -0.497 e. The van der Waals surface area contributed by atoms with E-state index in [0.717, 1.165) is 16.7 Å². The van der Waals surface area contributed by atoms with E-state index in [4.69, 9.17) is 4.74 Å². The quantitative estimate of drug-likeness (QED) is 0.305. The number of methoxy groups -OCH3 is 1. The number of amides is 2. The molecule has 37 heavy (non-hydrogen) atoms. The Kier molecular flexibility index (Phi) is 8.31. The van der Waals surface area contributed by atoms with Crippen LogP contribution in [-0.2, 0) is 22.6 Å². The highest BCUT2D eigenvalue weighted by Crippen LogP contribution is 2.27. The lowest BCUT2D eigenvalue weighted by atomic mass is 10.0. The number of aryl methyl sites for hydroxylation is 1. The van der Waals surface area contributed by atoms with Gasteiger partial charge >= 0.3 is 0 Å². The molecule has 0 aromatic heterocycles. The summed E-state index contributed by atoms with van der Waals surface area (Å²) in [5.74, 6) is -0.373. The van der Waals surface area contributed by atoms with Gasteiger partial charge in [-0.3, -0.25) is 9.59 Å². The number of halogens is 1. The third kappa shape index (κ3) is 6.82. The molecule has 4 aromatic rings. The van der Waals surface area contributed by atoms with Crippen LogP contribution in [0, 0.1) is 12.7 Å². The van der Waals surface area contributed by atoms with Crippen molar-refractivity contribution in [1.82, 2.24) is 4.90 Å². The summed E-state index contributed by atoms with van der Waals surface area (Å²) in [5, 5.41) is 2.92. The number of carbonyl (C=O) groups excluding carboxylic acids is 2. The van der Waals surface area contributed by atoms with Gasteiger partial charge in [0.25, 0.3) is 5.91 Å². The number of carbonyl (C=O) groups is 2. The monoisotopic (exact) mass is 496 g/mol. The molecule has 0 aliphatic rings. The number of nitrogens with zero attached hydrogens (tertiary/aromatic N) is 1. The Bertz CT molecular complexity index is 1320. The summed E-state index contributed by atoms with van der Waals surface area (Å²) in [7, 11) is 1.57. The summed E-state index contributed by atoms with van der Waals surface area (Å²) in [6.07, 6.45) is 0.125. The number of benzene rings is 4. The van der Waals surface area contributed by atoms with Crippen molar-refractivity contribution in [1.29, 1.82) is 0 Å². The van der Waals surface area contributed by atoms with Gasteiger partial charge in [-0.15, -0.1) is 0 Å². The van der Waals surface area contributed by atoms with E-state index in [1.165, 1.54) is 12.1 Å². The van der Waals surface area contributed by atoms with E-state index in [1.54, 1.807) is 48.4 Å². The Morgan fingerprint density at radius 2 is 1.49 bits per heavy atom. The standard InChI is InChI=1S/C31H29FN2O3/c1-22-8-10-24(11-9-22)21-34(29(35)20-23-6-4-3-5-7-23)30(25-12-14-26(32)15-13-25)31(36)33-27-16-18-28(37-2)19-17-27/h3-19,30H,20-21H2,1-2H3,(H,33,36). The van der Waals surface area contributed by atoms with Gasteiger partial charge < -0.3 is 15.0 Å². The molecular weight excluding hydrogens is 467 g/mol. The van der Waals surface area contributed by atoms with E-state index in [9.17, 15) is 14.0 Å². The van der Waals surface area contributed by atoms with Crippen LogP contribution in [0.15, 0.2) is 103 Å². The zero-order valence-corrected chi connectivity index (χ0v) is 20.9.